The summed E-state index contributed by atoms with van der Waals surface area (Å²) in [5, 5.41) is 18.6. The molecule has 0 aliphatic rings. The molecule has 0 spiro atoms. The highest BCUT2D eigenvalue weighted by Gasteiger charge is 2.29. The summed E-state index contributed by atoms with van der Waals surface area (Å²) in [6, 6.07) is -0.0194. The molecular formula is C12H22N4O3. The van der Waals surface area contributed by atoms with Gasteiger partial charge in [-0.05, 0) is 13.8 Å². The zero-order valence-corrected chi connectivity index (χ0v) is 12.1. The van der Waals surface area contributed by atoms with E-state index in [-0.39, 0.29) is 22.6 Å². The maximum absolute atomic E-state index is 11.2. The Morgan fingerprint density at radius 1 is 1.47 bits per heavy atom. The average molecular weight is 270 g/mol. The fourth-order valence-corrected chi connectivity index (χ4v) is 1.83. The number of hydrogen-bond donors (Lipinski definition) is 1. The summed E-state index contributed by atoms with van der Waals surface area (Å²) in [7, 11) is 1.70. The van der Waals surface area contributed by atoms with Gasteiger partial charge in [0.2, 0.25) is 5.82 Å². The number of aryl methyl sites for hydroxylation is 1. The molecule has 7 nitrogen and oxygen atoms in total. The monoisotopic (exact) mass is 270 g/mol. The summed E-state index contributed by atoms with van der Waals surface area (Å²) in [5.74, 6) is 0.435. The van der Waals surface area contributed by atoms with Crippen molar-refractivity contribution in [2.75, 3.05) is 18.5 Å². The van der Waals surface area contributed by atoms with Crippen molar-refractivity contribution in [3.8, 4) is 0 Å². The van der Waals surface area contributed by atoms with E-state index >= 15 is 0 Å². The summed E-state index contributed by atoms with van der Waals surface area (Å²) < 4.78 is 6.82. The maximum Gasteiger partial charge on any atom is 0.334 e. The minimum atomic E-state index is -0.377. The lowest BCUT2D eigenvalue weighted by atomic mass is 10.1. The Hall–Kier alpha value is -1.63. The molecule has 0 fully saturated rings. The van der Waals surface area contributed by atoms with E-state index in [0.29, 0.717) is 24.7 Å². The van der Waals surface area contributed by atoms with Crippen molar-refractivity contribution in [1.82, 2.24) is 9.78 Å². The van der Waals surface area contributed by atoms with E-state index in [0.717, 1.165) is 0 Å². The number of aromatic nitrogens is 2. The van der Waals surface area contributed by atoms with Crippen molar-refractivity contribution in [3.63, 3.8) is 0 Å². The zero-order chi connectivity index (χ0) is 14.6. The van der Waals surface area contributed by atoms with Gasteiger partial charge in [-0.15, -0.1) is 0 Å². The van der Waals surface area contributed by atoms with Crippen molar-refractivity contribution in [3.05, 3.63) is 15.8 Å². The standard InChI is InChI=1S/C12H22N4O3/c1-6-19-7-9(4)13-12-11(16(17)18)10(8(2)3)14-15(12)5/h8-9,13H,6-7H2,1-5H3. The van der Waals surface area contributed by atoms with Gasteiger partial charge in [-0.25, -0.2) is 4.68 Å². The number of hydrogen-bond acceptors (Lipinski definition) is 5. The van der Waals surface area contributed by atoms with Gasteiger partial charge in [-0.1, -0.05) is 13.8 Å². The maximum atomic E-state index is 11.2. The third-order valence-corrected chi connectivity index (χ3v) is 2.73. The molecule has 1 rings (SSSR count). The average Bonchev–Trinajstić information content (AvgIpc) is 2.64. The molecule has 1 aromatic heterocycles. The largest absolute Gasteiger partial charge is 0.380 e. The molecule has 1 unspecified atom stereocenters. The van der Waals surface area contributed by atoms with Gasteiger partial charge in [0.15, 0.2) is 0 Å². The van der Waals surface area contributed by atoms with Crippen molar-refractivity contribution < 1.29 is 9.66 Å². The van der Waals surface area contributed by atoms with Crippen LogP contribution >= 0.6 is 0 Å². The van der Waals surface area contributed by atoms with Crippen LogP contribution in [0.3, 0.4) is 0 Å². The van der Waals surface area contributed by atoms with Crippen LogP contribution in [0, 0.1) is 10.1 Å². The first-order valence-electron chi connectivity index (χ1n) is 6.44. The van der Waals surface area contributed by atoms with Crippen LogP contribution in [0.25, 0.3) is 0 Å². The minimum Gasteiger partial charge on any atom is -0.380 e. The van der Waals surface area contributed by atoms with Crippen LogP contribution in [0.4, 0.5) is 11.5 Å². The Kier molecular flexibility index (Phi) is 5.29. The summed E-state index contributed by atoms with van der Waals surface area (Å²) >= 11 is 0. The summed E-state index contributed by atoms with van der Waals surface area (Å²) in [5.41, 5.74) is 0.555. The Morgan fingerprint density at radius 2 is 2.11 bits per heavy atom. The number of nitrogens with one attached hydrogen (secondary N) is 1. The normalized spacial score (nSPS) is 12.7. The number of nitrogens with zero attached hydrogens (tertiary/aromatic N) is 3. The molecule has 0 bridgehead atoms. The highest BCUT2D eigenvalue weighted by atomic mass is 16.6. The highest BCUT2D eigenvalue weighted by molar-refractivity contribution is 5.61. The molecule has 1 heterocycles. The van der Waals surface area contributed by atoms with E-state index in [1.807, 2.05) is 27.7 Å². The topological polar surface area (TPSA) is 82.2 Å². The Balaban J connectivity index is 3.02. The van der Waals surface area contributed by atoms with Gasteiger partial charge in [0.25, 0.3) is 0 Å². The molecule has 1 aromatic rings. The van der Waals surface area contributed by atoms with Crippen LogP contribution in [-0.2, 0) is 11.8 Å². The van der Waals surface area contributed by atoms with E-state index < -0.39 is 0 Å². The molecule has 1 N–H and O–H groups in total. The fraction of sp³-hybridized carbons (Fsp3) is 0.750. The van der Waals surface area contributed by atoms with Crippen LogP contribution in [-0.4, -0.2) is 34.0 Å². The first kappa shape index (κ1) is 15.4. The lowest BCUT2D eigenvalue weighted by Crippen LogP contribution is -2.23. The van der Waals surface area contributed by atoms with E-state index in [1.54, 1.807) is 7.05 Å². The van der Waals surface area contributed by atoms with Crippen LogP contribution in [0.1, 0.15) is 39.3 Å². The fourth-order valence-electron chi connectivity index (χ4n) is 1.83. The first-order chi connectivity index (χ1) is 8.88. The molecule has 0 saturated heterocycles. The van der Waals surface area contributed by atoms with Crippen LogP contribution in [0.5, 0.6) is 0 Å². The van der Waals surface area contributed by atoms with Crippen LogP contribution in [0.15, 0.2) is 0 Å². The molecule has 0 aliphatic heterocycles. The van der Waals surface area contributed by atoms with Gasteiger partial charge in [0, 0.05) is 25.6 Å². The van der Waals surface area contributed by atoms with E-state index in [4.69, 9.17) is 4.74 Å². The van der Waals surface area contributed by atoms with Crippen LogP contribution < -0.4 is 5.32 Å². The van der Waals surface area contributed by atoms with E-state index in [2.05, 4.69) is 10.4 Å². The number of rotatable bonds is 7. The molecule has 0 radical (unpaired) electrons. The van der Waals surface area contributed by atoms with E-state index in [9.17, 15) is 10.1 Å². The summed E-state index contributed by atoms with van der Waals surface area (Å²) in [4.78, 5) is 10.9. The van der Waals surface area contributed by atoms with Crippen molar-refractivity contribution in [2.45, 2.75) is 39.7 Å². The van der Waals surface area contributed by atoms with Gasteiger partial charge in [0.1, 0.15) is 5.69 Å². The lowest BCUT2D eigenvalue weighted by molar-refractivity contribution is -0.384. The molecule has 0 aliphatic carbocycles. The highest BCUT2D eigenvalue weighted by Crippen LogP contribution is 2.33. The molecule has 1 atom stereocenters. The predicted octanol–water partition coefficient (Wildman–Crippen LogP) is 2.29. The summed E-state index contributed by atoms with van der Waals surface area (Å²) in [6.45, 7) is 8.73. The first-order valence-corrected chi connectivity index (χ1v) is 6.44. The van der Waals surface area contributed by atoms with Gasteiger partial charge in [-0.2, -0.15) is 5.10 Å². The van der Waals surface area contributed by atoms with Crippen molar-refractivity contribution in [1.29, 1.82) is 0 Å². The zero-order valence-electron chi connectivity index (χ0n) is 12.1. The van der Waals surface area contributed by atoms with E-state index in [1.165, 1.54) is 4.68 Å². The van der Waals surface area contributed by atoms with Crippen molar-refractivity contribution >= 4 is 11.5 Å². The second kappa shape index (κ2) is 6.51. The minimum absolute atomic E-state index is 0.00403. The Labute approximate surface area is 113 Å². The van der Waals surface area contributed by atoms with Crippen molar-refractivity contribution in [2.24, 2.45) is 7.05 Å². The van der Waals surface area contributed by atoms with Gasteiger partial charge < -0.3 is 10.1 Å². The second-order valence-electron chi connectivity index (χ2n) is 4.82. The molecular weight excluding hydrogens is 248 g/mol. The molecule has 0 aromatic carbocycles. The van der Waals surface area contributed by atoms with Crippen LogP contribution in [0.2, 0.25) is 0 Å². The summed E-state index contributed by atoms with van der Waals surface area (Å²) in [6.07, 6.45) is 0. The Morgan fingerprint density at radius 3 is 2.58 bits per heavy atom. The molecule has 0 amide bonds. The van der Waals surface area contributed by atoms with Gasteiger partial charge in [0.05, 0.1) is 11.5 Å². The molecule has 19 heavy (non-hydrogen) atoms. The molecule has 108 valence electrons. The number of anilines is 1. The number of nitro groups is 1. The molecule has 0 saturated carbocycles. The molecule has 7 heteroatoms. The SMILES string of the molecule is CCOCC(C)Nc1c([N+](=O)[O-])c(C(C)C)nn1C. The third-order valence-electron chi connectivity index (χ3n) is 2.73. The van der Waals surface area contributed by atoms with Gasteiger partial charge in [-0.3, -0.25) is 10.1 Å². The lowest BCUT2D eigenvalue weighted by Gasteiger charge is -2.14. The third kappa shape index (κ3) is 3.66. The predicted molar refractivity (Wildman–Crippen MR) is 73.5 cm³/mol. The van der Waals surface area contributed by atoms with Gasteiger partial charge >= 0.3 is 5.69 Å². The number of ether oxygens (including phenoxy) is 1. The smallest absolute Gasteiger partial charge is 0.334 e. The quantitative estimate of drug-likeness (QED) is 0.607. The Bertz CT molecular complexity index is 442. The second-order valence-corrected chi connectivity index (χ2v) is 4.82.